The molecule has 0 saturated carbocycles. The van der Waals surface area contributed by atoms with Crippen molar-refractivity contribution in [2.75, 3.05) is 0 Å². The number of fused-ring (bicyclic) bond motifs is 1. The number of nitrogens with one attached hydrogen (secondary N) is 1. The van der Waals surface area contributed by atoms with Gasteiger partial charge in [-0.25, -0.2) is 4.39 Å². The number of hydrogen-bond donors (Lipinski definition) is 1. The fourth-order valence-corrected chi connectivity index (χ4v) is 2.88. The van der Waals surface area contributed by atoms with Gasteiger partial charge < -0.3 is 4.98 Å². The monoisotopic (exact) mass is 350 g/mol. The zero-order valence-electron chi connectivity index (χ0n) is 11.0. The summed E-state index contributed by atoms with van der Waals surface area (Å²) in [7, 11) is 0. The quantitative estimate of drug-likeness (QED) is 0.597. The van der Waals surface area contributed by atoms with E-state index < -0.39 is 0 Å². The average Bonchev–Trinajstić information content (AvgIpc) is 2.69. The Hall–Kier alpha value is -1.46. The van der Waals surface area contributed by atoms with Gasteiger partial charge in [-0.2, -0.15) is 0 Å². The molecule has 20 heavy (non-hydrogen) atoms. The Morgan fingerprint density at radius 3 is 2.60 bits per heavy atom. The van der Waals surface area contributed by atoms with E-state index in [9.17, 15) is 4.39 Å². The lowest BCUT2D eigenvalue weighted by molar-refractivity contribution is 0.622. The van der Waals surface area contributed by atoms with Gasteiger partial charge in [0.15, 0.2) is 4.77 Å². The molecule has 0 atom stereocenters. The maximum absolute atomic E-state index is 13.8. The third-order valence-electron chi connectivity index (χ3n) is 3.47. The van der Waals surface area contributed by atoms with Crippen LogP contribution in [0.3, 0.4) is 0 Å². The van der Waals surface area contributed by atoms with Crippen LogP contribution in [0.5, 0.6) is 0 Å². The van der Waals surface area contributed by atoms with Gasteiger partial charge in [-0.3, -0.25) is 4.57 Å². The highest BCUT2D eigenvalue weighted by Crippen LogP contribution is 2.26. The largest absolute Gasteiger partial charge is 0.330 e. The second-order valence-electron chi connectivity index (χ2n) is 4.82. The van der Waals surface area contributed by atoms with Gasteiger partial charge in [-0.1, -0.05) is 6.07 Å². The van der Waals surface area contributed by atoms with E-state index in [1.54, 1.807) is 6.07 Å². The molecule has 0 aliphatic rings. The number of halogens is 2. The first-order valence-corrected chi connectivity index (χ1v) is 7.35. The van der Waals surface area contributed by atoms with Gasteiger partial charge in [0.2, 0.25) is 0 Å². The summed E-state index contributed by atoms with van der Waals surface area (Å²) in [6.07, 6.45) is 0. The Morgan fingerprint density at radius 2 is 1.90 bits per heavy atom. The molecule has 1 N–H and O–H groups in total. The summed E-state index contributed by atoms with van der Waals surface area (Å²) in [5, 5.41) is 0. The maximum atomic E-state index is 13.8. The van der Waals surface area contributed by atoms with E-state index in [1.807, 2.05) is 16.7 Å². The SMILES string of the molecule is Cc1ccc(-n2c(=S)[nH]c3cc(Br)c(F)cc32)cc1C. The average molecular weight is 351 g/mol. The maximum Gasteiger partial charge on any atom is 0.182 e. The van der Waals surface area contributed by atoms with E-state index in [0.29, 0.717) is 9.24 Å². The zero-order chi connectivity index (χ0) is 14.4. The fraction of sp³-hybridized carbons (Fsp3) is 0.133. The normalized spacial score (nSPS) is 11.2. The number of aromatic nitrogens is 2. The van der Waals surface area contributed by atoms with Crippen LogP contribution >= 0.6 is 28.1 Å². The molecule has 0 saturated heterocycles. The smallest absolute Gasteiger partial charge is 0.182 e. The van der Waals surface area contributed by atoms with Crippen molar-refractivity contribution in [3.8, 4) is 5.69 Å². The summed E-state index contributed by atoms with van der Waals surface area (Å²) in [5.41, 5.74) is 4.87. The minimum atomic E-state index is -0.302. The van der Waals surface area contributed by atoms with Gasteiger partial charge in [0.1, 0.15) is 5.82 Å². The van der Waals surface area contributed by atoms with Gasteiger partial charge in [0, 0.05) is 11.8 Å². The highest BCUT2D eigenvalue weighted by Gasteiger charge is 2.10. The fourth-order valence-electron chi connectivity index (χ4n) is 2.22. The van der Waals surface area contributed by atoms with E-state index in [-0.39, 0.29) is 5.82 Å². The highest BCUT2D eigenvalue weighted by atomic mass is 79.9. The highest BCUT2D eigenvalue weighted by molar-refractivity contribution is 9.10. The molecule has 0 aliphatic carbocycles. The Labute approximate surface area is 129 Å². The molecule has 0 radical (unpaired) electrons. The molecule has 1 heterocycles. The van der Waals surface area contributed by atoms with Crippen molar-refractivity contribution in [2.24, 2.45) is 0 Å². The second kappa shape index (κ2) is 4.82. The van der Waals surface area contributed by atoms with E-state index in [4.69, 9.17) is 12.2 Å². The topological polar surface area (TPSA) is 20.7 Å². The summed E-state index contributed by atoms with van der Waals surface area (Å²) in [5.74, 6) is -0.302. The molecule has 102 valence electrons. The first kappa shape index (κ1) is 13.5. The number of imidazole rings is 1. The predicted molar refractivity (Wildman–Crippen MR) is 85.6 cm³/mol. The lowest BCUT2D eigenvalue weighted by Gasteiger charge is -2.08. The van der Waals surface area contributed by atoms with Gasteiger partial charge in [0.05, 0.1) is 15.5 Å². The van der Waals surface area contributed by atoms with Crippen molar-refractivity contribution in [1.29, 1.82) is 0 Å². The molecule has 2 aromatic carbocycles. The van der Waals surface area contributed by atoms with Crippen LogP contribution in [0.4, 0.5) is 4.39 Å². The van der Waals surface area contributed by atoms with Crippen molar-refractivity contribution in [3.63, 3.8) is 0 Å². The predicted octanol–water partition coefficient (Wildman–Crippen LogP) is 5.21. The third kappa shape index (κ3) is 2.11. The van der Waals surface area contributed by atoms with Crippen LogP contribution in [-0.2, 0) is 0 Å². The van der Waals surface area contributed by atoms with Crippen LogP contribution in [0, 0.1) is 24.4 Å². The Balaban J connectivity index is 2.35. The van der Waals surface area contributed by atoms with Crippen LogP contribution in [0.1, 0.15) is 11.1 Å². The molecule has 1 aromatic heterocycles. The van der Waals surface area contributed by atoms with Crippen LogP contribution in [-0.4, -0.2) is 9.55 Å². The molecule has 0 bridgehead atoms. The van der Waals surface area contributed by atoms with E-state index in [1.165, 1.54) is 17.2 Å². The van der Waals surface area contributed by atoms with Crippen LogP contribution in [0.25, 0.3) is 16.7 Å². The Bertz CT molecular complexity index is 879. The van der Waals surface area contributed by atoms with Crippen molar-refractivity contribution in [2.45, 2.75) is 13.8 Å². The third-order valence-corrected chi connectivity index (χ3v) is 4.37. The van der Waals surface area contributed by atoms with Gasteiger partial charge in [-0.05, 0) is 71.3 Å². The summed E-state index contributed by atoms with van der Waals surface area (Å²) in [6.45, 7) is 4.11. The molecule has 0 spiro atoms. The molecular formula is C15H12BrFN2S. The molecular weight excluding hydrogens is 339 g/mol. The molecule has 0 fully saturated rings. The number of nitrogens with zero attached hydrogens (tertiary/aromatic N) is 1. The second-order valence-corrected chi connectivity index (χ2v) is 6.06. The lowest BCUT2D eigenvalue weighted by atomic mass is 10.1. The minimum Gasteiger partial charge on any atom is -0.330 e. The number of hydrogen-bond acceptors (Lipinski definition) is 1. The Kier molecular flexibility index (Phi) is 3.26. The summed E-state index contributed by atoms with van der Waals surface area (Å²) in [4.78, 5) is 3.11. The van der Waals surface area contributed by atoms with E-state index in [0.717, 1.165) is 16.7 Å². The number of rotatable bonds is 1. The first-order valence-electron chi connectivity index (χ1n) is 6.15. The van der Waals surface area contributed by atoms with Gasteiger partial charge in [0.25, 0.3) is 0 Å². The number of aromatic amines is 1. The molecule has 0 aliphatic heterocycles. The van der Waals surface area contributed by atoms with Crippen molar-refractivity contribution >= 4 is 39.2 Å². The van der Waals surface area contributed by atoms with Gasteiger partial charge in [-0.15, -0.1) is 0 Å². The van der Waals surface area contributed by atoms with Crippen LogP contribution in [0.2, 0.25) is 0 Å². The standard InChI is InChI=1S/C15H12BrFN2S/c1-8-3-4-10(5-9(8)2)19-14-7-12(17)11(16)6-13(14)18-15(19)20/h3-7H,1-2H3,(H,18,20). The first-order chi connectivity index (χ1) is 9.47. The summed E-state index contributed by atoms with van der Waals surface area (Å²) >= 11 is 8.56. The van der Waals surface area contributed by atoms with Crippen molar-refractivity contribution in [1.82, 2.24) is 9.55 Å². The number of benzene rings is 2. The molecule has 0 unspecified atom stereocenters. The molecule has 0 amide bonds. The van der Waals surface area contributed by atoms with Crippen LogP contribution < -0.4 is 0 Å². The number of aryl methyl sites for hydroxylation is 2. The Morgan fingerprint density at radius 1 is 1.15 bits per heavy atom. The van der Waals surface area contributed by atoms with Gasteiger partial charge >= 0.3 is 0 Å². The molecule has 2 nitrogen and oxygen atoms in total. The van der Waals surface area contributed by atoms with E-state index >= 15 is 0 Å². The molecule has 3 rings (SSSR count). The zero-order valence-corrected chi connectivity index (χ0v) is 13.4. The van der Waals surface area contributed by atoms with Crippen molar-refractivity contribution in [3.05, 3.63) is 56.5 Å². The lowest BCUT2D eigenvalue weighted by Crippen LogP contribution is -1.96. The minimum absolute atomic E-state index is 0.302. The number of H-pyrrole nitrogens is 1. The van der Waals surface area contributed by atoms with E-state index in [2.05, 4.69) is 40.8 Å². The molecule has 3 aromatic rings. The summed E-state index contributed by atoms with van der Waals surface area (Å²) in [6, 6.07) is 9.28. The summed E-state index contributed by atoms with van der Waals surface area (Å²) < 4.78 is 16.6. The molecule has 5 heteroatoms. The van der Waals surface area contributed by atoms with Crippen LogP contribution in [0.15, 0.2) is 34.8 Å². The van der Waals surface area contributed by atoms with Crippen molar-refractivity contribution < 1.29 is 4.39 Å².